The highest BCUT2D eigenvalue weighted by atomic mass is 35.5. The van der Waals surface area contributed by atoms with E-state index >= 15 is 0 Å². The van der Waals surface area contributed by atoms with Crippen molar-refractivity contribution in [1.29, 1.82) is 0 Å². The molecule has 0 aliphatic rings. The summed E-state index contributed by atoms with van der Waals surface area (Å²) >= 11 is 5.91. The van der Waals surface area contributed by atoms with Gasteiger partial charge >= 0.3 is 0 Å². The van der Waals surface area contributed by atoms with Crippen LogP contribution in [0.15, 0.2) is 18.2 Å². The zero-order valence-electron chi connectivity index (χ0n) is 9.33. The second kappa shape index (κ2) is 5.38. The smallest absolute Gasteiger partial charge is 0.137 e. The Labute approximate surface area is 95.8 Å². The van der Waals surface area contributed by atoms with Crippen molar-refractivity contribution < 1.29 is 9.84 Å². The lowest BCUT2D eigenvalue weighted by atomic mass is 9.95. The summed E-state index contributed by atoms with van der Waals surface area (Å²) in [6.07, 6.45) is 0.479. The minimum absolute atomic E-state index is 0.232. The fraction of sp³-hybridized carbons (Fsp3) is 0.500. The molecule has 1 aromatic carbocycles. The molecular formula is C12H17ClO2. The molecule has 0 aliphatic carbocycles. The van der Waals surface area contributed by atoms with E-state index in [0.29, 0.717) is 10.8 Å². The number of benzene rings is 1. The van der Waals surface area contributed by atoms with Gasteiger partial charge in [-0.25, -0.2) is 0 Å². The Kier molecular flexibility index (Phi) is 4.43. The SMILES string of the molecule is CCC(C)C(O)c1ccc(Cl)c(OC)c1. The molecule has 0 aromatic heterocycles. The maximum absolute atomic E-state index is 10.0. The van der Waals surface area contributed by atoms with Gasteiger partial charge in [0.1, 0.15) is 5.75 Å². The van der Waals surface area contributed by atoms with Crippen molar-refractivity contribution in [3.8, 4) is 5.75 Å². The van der Waals surface area contributed by atoms with Crippen LogP contribution >= 0.6 is 11.6 Å². The lowest BCUT2D eigenvalue weighted by Gasteiger charge is -2.18. The molecule has 2 atom stereocenters. The first kappa shape index (κ1) is 12.3. The molecule has 1 N–H and O–H groups in total. The van der Waals surface area contributed by atoms with Crippen LogP contribution in [0.5, 0.6) is 5.75 Å². The van der Waals surface area contributed by atoms with Gasteiger partial charge in [0, 0.05) is 0 Å². The summed E-state index contributed by atoms with van der Waals surface area (Å²) in [5, 5.41) is 10.6. The second-order valence-electron chi connectivity index (χ2n) is 3.72. The van der Waals surface area contributed by atoms with E-state index in [0.717, 1.165) is 12.0 Å². The van der Waals surface area contributed by atoms with Crippen molar-refractivity contribution >= 4 is 11.6 Å². The van der Waals surface area contributed by atoms with Gasteiger partial charge in [-0.2, -0.15) is 0 Å². The van der Waals surface area contributed by atoms with Crippen molar-refractivity contribution in [3.05, 3.63) is 28.8 Å². The molecule has 3 heteroatoms. The quantitative estimate of drug-likeness (QED) is 0.856. The van der Waals surface area contributed by atoms with Gasteiger partial charge in [0.25, 0.3) is 0 Å². The first-order valence-corrected chi connectivity index (χ1v) is 5.49. The summed E-state index contributed by atoms with van der Waals surface area (Å²) in [6.45, 7) is 4.08. The van der Waals surface area contributed by atoms with Crippen LogP contribution in [-0.4, -0.2) is 12.2 Å². The Morgan fingerprint density at radius 3 is 2.67 bits per heavy atom. The van der Waals surface area contributed by atoms with E-state index in [9.17, 15) is 5.11 Å². The predicted octanol–water partition coefficient (Wildman–Crippen LogP) is 3.43. The molecule has 84 valence electrons. The van der Waals surface area contributed by atoms with Crippen molar-refractivity contribution in [2.45, 2.75) is 26.4 Å². The fourth-order valence-corrected chi connectivity index (χ4v) is 1.61. The summed E-state index contributed by atoms with van der Waals surface area (Å²) in [5.41, 5.74) is 0.852. The number of aliphatic hydroxyl groups is 1. The number of hydrogen-bond donors (Lipinski definition) is 1. The van der Waals surface area contributed by atoms with Gasteiger partial charge < -0.3 is 9.84 Å². The van der Waals surface area contributed by atoms with Crippen molar-refractivity contribution in [1.82, 2.24) is 0 Å². The lowest BCUT2D eigenvalue weighted by molar-refractivity contribution is 0.115. The molecule has 15 heavy (non-hydrogen) atoms. The number of halogens is 1. The number of aliphatic hydroxyl groups excluding tert-OH is 1. The monoisotopic (exact) mass is 228 g/mol. The summed E-state index contributed by atoms with van der Waals surface area (Å²) in [5.74, 6) is 0.840. The molecular weight excluding hydrogens is 212 g/mol. The third-order valence-corrected chi connectivity index (χ3v) is 3.01. The Bertz CT molecular complexity index is 325. The average molecular weight is 229 g/mol. The summed E-state index contributed by atoms with van der Waals surface area (Å²) in [7, 11) is 1.57. The number of rotatable bonds is 4. The van der Waals surface area contributed by atoms with Crippen molar-refractivity contribution in [3.63, 3.8) is 0 Å². The number of hydrogen-bond acceptors (Lipinski definition) is 2. The van der Waals surface area contributed by atoms with E-state index in [1.54, 1.807) is 19.2 Å². The average Bonchev–Trinajstić information content (AvgIpc) is 2.27. The van der Waals surface area contributed by atoms with Crippen LogP contribution in [-0.2, 0) is 0 Å². The molecule has 0 saturated heterocycles. The largest absolute Gasteiger partial charge is 0.495 e. The van der Waals surface area contributed by atoms with Crippen LogP contribution < -0.4 is 4.74 Å². The molecule has 0 heterocycles. The molecule has 1 aromatic rings. The van der Waals surface area contributed by atoms with E-state index in [1.807, 2.05) is 13.0 Å². The van der Waals surface area contributed by atoms with Gasteiger partial charge in [0.05, 0.1) is 18.2 Å². The Balaban J connectivity index is 2.95. The predicted molar refractivity (Wildman–Crippen MR) is 62.4 cm³/mol. The highest BCUT2D eigenvalue weighted by Crippen LogP contribution is 2.31. The fourth-order valence-electron chi connectivity index (χ4n) is 1.41. The number of methoxy groups -OCH3 is 1. The second-order valence-corrected chi connectivity index (χ2v) is 4.13. The zero-order valence-corrected chi connectivity index (χ0v) is 10.1. The standard InChI is InChI=1S/C12H17ClO2/c1-4-8(2)12(14)9-5-6-10(13)11(7-9)15-3/h5-8,12,14H,4H2,1-3H3. The van der Waals surface area contributed by atoms with Crippen LogP contribution in [0.25, 0.3) is 0 Å². The van der Waals surface area contributed by atoms with Crippen LogP contribution in [0.2, 0.25) is 5.02 Å². The topological polar surface area (TPSA) is 29.5 Å². The first-order valence-electron chi connectivity index (χ1n) is 5.11. The molecule has 0 fully saturated rings. The van der Waals surface area contributed by atoms with Gasteiger partial charge in [0.15, 0.2) is 0 Å². The maximum atomic E-state index is 10.0. The molecule has 2 nitrogen and oxygen atoms in total. The minimum atomic E-state index is -0.457. The van der Waals surface area contributed by atoms with Gasteiger partial charge in [-0.1, -0.05) is 37.9 Å². The van der Waals surface area contributed by atoms with Crippen LogP contribution in [0.1, 0.15) is 31.9 Å². The Hall–Kier alpha value is -0.730. The maximum Gasteiger partial charge on any atom is 0.137 e. The molecule has 0 radical (unpaired) electrons. The van der Waals surface area contributed by atoms with Crippen molar-refractivity contribution in [2.24, 2.45) is 5.92 Å². The summed E-state index contributed by atoms with van der Waals surface area (Å²) in [4.78, 5) is 0. The van der Waals surface area contributed by atoms with Crippen LogP contribution in [0.3, 0.4) is 0 Å². The third kappa shape index (κ3) is 2.86. The van der Waals surface area contributed by atoms with Crippen LogP contribution in [0, 0.1) is 5.92 Å². The molecule has 2 unspecified atom stereocenters. The third-order valence-electron chi connectivity index (χ3n) is 2.70. The molecule has 1 rings (SSSR count). The molecule has 0 saturated carbocycles. The van der Waals surface area contributed by atoms with Gasteiger partial charge in [0.2, 0.25) is 0 Å². The van der Waals surface area contributed by atoms with E-state index < -0.39 is 6.10 Å². The van der Waals surface area contributed by atoms with Gasteiger partial charge in [-0.15, -0.1) is 0 Å². The van der Waals surface area contributed by atoms with E-state index in [-0.39, 0.29) is 5.92 Å². The highest BCUT2D eigenvalue weighted by Gasteiger charge is 2.15. The molecule has 0 amide bonds. The van der Waals surface area contributed by atoms with Crippen LogP contribution in [0.4, 0.5) is 0 Å². The normalized spacial score (nSPS) is 14.7. The molecule has 0 bridgehead atoms. The lowest BCUT2D eigenvalue weighted by Crippen LogP contribution is -2.08. The summed E-state index contributed by atoms with van der Waals surface area (Å²) in [6, 6.07) is 5.38. The van der Waals surface area contributed by atoms with Crippen molar-refractivity contribution in [2.75, 3.05) is 7.11 Å². The number of ether oxygens (including phenoxy) is 1. The first-order chi connectivity index (χ1) is 7.10. The minimum Gasteiger partial charge on any atom is -0.495 e. The Morgan fingerprint density at radius 2 is 2.13 bits per heavy atom. The molecule has 0 aliphatic heterocycles. The molecule has 0 spiro atoms. The highest BCUT2D eigenvalue weighted by molar-refractivity contribution is 6.32. The van der Waals surface area contributed by atoms with Gasteiger partial charge in [-0.05, 0) is 23.6 Å². The summed E-state index contributed by atoms with van der Waals surface area (Å²) < 4.78 is 5.11. The Morgan fingerprint density at radius 1 is 1.47 bits per heavy atom. The zero-order chi connectivity index (χ0) is 11.4. The van der Waals surface area contributed by atoms with E-state index in [2.05, 4.69) is 6.92 Å². The van der Waals surface area contributed by atoms with E-state index in [4.69, 9.17) is 16.3 Å². The van der Waals surface area contributed by atoms with E-state index in [1.165, 1.54) is 0 Å². The van der Waals surface area contributed by atoms with Gasteiger partial charge in [-0.3, -0.25) is 0 Å².